The fourth-order valence-corrected chi connectivity index (χ4v) is 3.62. The zero-order valence-electron chi connectivity index (χ0n) is 16.5. The van der Waals surface area contributed by atoms with Crippen molar-refractivity contribution < 1.29 is 37.0 Å². The number of alkyl halides is 3. The summed E-state index contributed by atoms with van der Waals surface area (Å²) in [5.74, 6) is -1.43. The Labute approximate surface area is 167 Å². The van der Waals surface area contributed by atoms with Crippen LogP contribution in [0.4, 0.5) is 18.0 Å². The average molecular weight is 415 g/mol. The molecule has 160 valence electrons. The van der Waals surface area contributed by atoms with Gasteiger partial charge in [0, 0.05) is 12.5 Å². The Bertz CT molecular complexity index is 778. The van der Waals surface area contributed by atoms with Crippen molar-refractivity contribution in [3.05, 3.63) is 34.9 Å². The van der Waals surface area contributed by atoms with Crippen LogP contribution in [-0.2, 0) is 25.2 Å². The number of hydrogen-bond acceptors (Lipinski definition) is 5. The van der Waals surface area contributed by atoms with Gasteiger partial charge < -0.3 is 14.4 Å². The summed E-state index contributed by atoms with van der Waals surface area (Å²) in [4.78, 5) is 37.6. The molecule has 1 aromatic carbocycles. The highest BCUT2D eigenvalue weighted by atomic mass is 19.4. The van der Waals surface area contributed by atoms with Crippen LogP contribution in [0.3, 0.4) is 0 Å². The van der Waals surface area contributed by atoms with E-state index in [4.69, 9.17) is 9.47 Å². The molecule has 0 saturated carbocycles. The number of aryl methyl sites for hydroxylation is 1. The molecule has 1 aromatic rings. The molecule has 1 aliphatic rings. The van der Waals surface area contributed by atoms with Crippen molar-refractivity contribution in [1.82, 2.24) is 4.90 Å². The number of carbonyl (C=O) groups is 3. The molecule has 0 aromatic heterocycles. The Morgan fingerprint density at radius 2 is 1.93 bits per heavy atom. The van der Waals surface area contributed by atoms with E-state index in [0.29, 0.717) is 12.0 Å². The van der Waals surface area contributed by atoms with Crippen LogP contribution in [0, 0.1) is 12.8 Å². The molecular weight excluding hydrogens is 391 g/mol. The first-order valence-corrected chi connectivity index (χ1v) is 9.29. The third kappa shape index (κ3) is 5.48. The number of nitrogens with zero attached hydrogens (tertiary/aromatic N) is 1. The van der Waals surface area contributed by atoms with E-state index in [1.807, 2.05) is 0 Å². The fourth-order valence-electron chi connectivity index (χ4n) is 3.62. The number of esters is 1. The minimum atomic E-state index is -4.48. The van der Waals surface area contributed by atoms with Crippen molar-refractivity contribution in [2.75, 3.05) is 20.3 Å². The van der Waals surface area contributed by atoms with Crippen molar-refractivity contribution in [1.29, 1.82) is 0 Å². The molecule has 6 nitrogen and oxygen atoms in total. The first kappa shape index (κ1) is 22.7. The molecule has 29 heavy (non-hydrogen) atoms. The quantitative estimate of drug-likeness (QED) is 0.536. The van der Waals surface area contributed by atoms with E-state index in [-0.39, 0.29) is 37.3 Å². The maximum Gasteiger partial charge on any atom is 0.416 e. The second-order valence-electron chi connectivity index (χ2n) is 6.92. The van der Waals surface area contributed by atoms with Crippen molar-refractivity contribution in [3.8, 4) is 0 Å². The summed E-state index contributed by atoms with van der Waals surface area (Å²) >= 11 is 0. The van der Waals surface area contributed by atoms with E-state index in [9.17, 15) is 27.6 Å². The van der Waals surface area contributed by atoms with Crippen LogP contribution in [-0.4, -0.2) is 43.0 Å². The second-order valence-corrected chi connectivity index (χ2v) is 6.92. The SMILES string of the molecule is CCOC(=O)CC(=O)[C@H]1CCN(C(=O)OC)[C@@H](c2ccc(C(F)(F)F)c(C)c2)C1. The molecule has 1 aliphatic heterocycles. The van der Waals surface area contributed by atoms with Gasteiger partial charge in [0.15, 0.2) is 0 Å². The maximum absolute atomic E-state index is 13.1. The summed E-state index contributed by atoms with van der Waals surface area (Å²) < 4.78 is 48.8. The Morgan fingerprint density at radius 3 is 2.48 bits per heavy atom. The molecule has 1 heterocycles. The van der Waals surface area contributed by atoms with Crippen LogP contribution >= 0.6 is 0 Å². The fraction of sp³-hybridized carbons (Fsp3) is 0.550. The van der Waals surface area contributed by atoms with E-state index in [2.05, 4.69) is 0 Å². The second kappa shape index (κ2) is 9.28. The number of Topliss-reactive ketones (excluding diaryl/α,β-unsaturated/α-hetero) is 1. The molecule has 0 aliphatic carbocycles. The number of methoxy groups -OCH3 is 1. The topological polar surface area (TPSA) is 72.9 Å². The van der Waals surface area contributed by atoms with Crippen LogP contribution in [0.25, 0.3) is 0 Å². The Hall–Kier alpha value is -2.58. The third-order valence-electron chi connectivity index (χ3n) is 5.03. The van der Waals surface area contributed by atoms with Gasteiger partial charge in [-0.05, 0) is 43.9 Å². The van der Waals surface area contributed by atoms with Crippen LogP contribution in [0.2, 0.25) is 0 Å². The lowest BCUT2D eigenvalue weighted by Gasteiger charge is -2.38. The highest BCUT2D eigenvalue weighted by Gasteiger charge is 2.38. The highest BCUT2D eigenvalue weighted by Crippen LogP contribution is 2.38. The lowest BCUT2D eigenvalue weighted by molar-refractivity contribution is -0.146. The van der Waals surface area contributed by atoms with Crippen LogP contribution in [0.5, 0.6) is 0 Å². The van der Waals surface area contributed by atoms with Gasteiger partial charge in [-0.15, -0.1) is 0 Å². The van der Waals surface area contributed by atoms with Gasteiger partial charge in [-0.25, -0.2) is 4.79 Å². The summed E-state index contributed by atoms with van der Waals surface area (Å²) in [5.41, 5.74) is -0.245. The normalized spacial score (nSPS) is 19.6. The molecule has 0 radical (unpaired) electrons. The first-order valence-electron chi connectivity index (χ1n) is 9.29. The number of ketones is 1. The van der Waals surface area contributed by atoms with Crippen molar-refractivity contribution in [2.45, 2.75) is 45.3 Å². The summed E-state index contributed by atoms with van der Waals surface area (Å²) in [5, 5.41) is 0. The number of likely N-dealkylation sites (tertiary alicyclic amines) is 1. The Morgan fingerprint density at radius 1 is 1.24 bits per heavy atom. The van der Waals surface area contributed by atoms with Gasteiger partial charge in [0.1, 0.15) is 12.2 Å². The standard InChI is InChI=1S/C20H24F3NO5/c1-4-29-18(26)11-17(25)14-7-8-24(19(27)28-3)16(10-14)13-5-6-15(12(2)9-13)20(21,22)23/h5-6,9,14,16H,4,7-8,10-11H2,1-3H3/t14-,16+/m0/s1. The zero-order chi connectivity index (χ0) is 21.8. The molecule has 2 atom stereocenters. The van der Waals surface area contributed by atoms with E-state index < -0.39 is 35.8 Å². The van der Waals surface area contributed by atoms with E-state index in [1.54, 1.807) is 6.92 Å². The van der Waals surface area contributed by atoms with Crippen LogP contribution in [0.15, 0.2) is 18.2 Å². The first-order chi connectivity index (χ1) is 13.6. The van der Waals surface area contributed by atoms with E-state index in [0.717, 1.165) is 6.07 Å². The van der Waals surface area contributed by atoms with Gasteiger partial charge in [-0.2, -0.15) is 13.2 Å². The van der Waals surface area contributed by atoms with Gasteiger partial charge in [0.2, 0.25) is 0 Å². The summed E-state index contributed by atoms with van der Waals surface area (Å²) in [6.07, 6.45) is -4.93. The maximum atomic E-state index is 13.1. The molecule has 9 heteroatoms. The molecule has 0 bridgehead atoms. The summed E-state index contributed by atoms with van der Waals surface area (Å²) in [7, 11) is 1.22. The smallest absolute Gasteiger partial charge is 0.416 e. The van der Waals surface area contributed by atoms with Gasteiger partial charge in [0.05, 0.1) is 25.3 Å². The van der Waals surface area contributed by atoms with E-state index in [1.165, 1.54) is 31.1 Å². The largest absolute Gasteiger partial charge is 0.466 e. The minimum Gasteiger partial charge on any atom is -0.466 e. The molecule has 0 unspecified atom stereocenters. The molecule has 0 spiro atoms. The number of hydrogen-bond donors (Lipinski definition) is 0. The molecule has 1 amide bonds. The Kier molecular flexibility index (Phi) is 7.26. The van der Waals surface area contributed by atoms with Crippen molar-refractivity contribution >= 4 is 17.8 Å². The lowest BCUT2D eigenvalue weighted by Crippen LogP contribution is -2.43. The average Bonchev–Trinajstić information content (AvgIpc) is 2.65. The van der Waals surface area contributed by atoms with E-state index >= 15 is 0 Å². The third-order valence-corrected chi connectivity index (χ3v) is 5.03. The van der Waals surface area contributed by atoms with Gasteiger partial charge in [-0.3, -0.25) is 9.59 Å². The van der Waals surface area contributed by atoms with Crippen LogP contribution < -0.4 is 0 Å². The summed E-state index contributed by atoms with van der Waals surface area (Å²) in [6.45, 7) is 3.35. The summed E-state index contributed by atoms with van der Waals surface area (Å²) in [6, 6.07) is 3.04. The van der Waals surface area contributed by atoms with Gasteiger partial charge in [-0.1, -0.05) is 12.1 Å². The molecule has 0 N–H and O–H groups in total. The number of rotatable bonds is 5. The molecular formula is C20H24F3NO5. The van der Waals surface area contributed by atoms with Crippen molar-refractivity contribution in [2.24, 2.45) is 5.92 Å². The monoisotopic (exact) mass is 415 g/mol. The molecule has 1 fully saturated rings. The lowest BCUT2D eigenvalue weighted by atomic mass is 9.83. The number of halogens is 3. The minimum absolute atomic E-state index is 0.0276. The number of piperidine rings is 1. The van der Waals surface area contributed by atoms with Gasteiger partial charge in [0.25, 0.3) is 0 Å². The predicted octanol–water partition coefficient (Wildman–Crippen LogP) is 4.06. The number of carbonyl (C=O) groups excluding carboxylic acids is 3. The Balaban J connectivity index is 2.28. The van der Waals surface area contributed by atoms with Gasteiger partial charge >= 0.3 is 18.2 Å². The molecule has 2 rings (SSSR count). The van der Waals surface area contributed by atoms with Crippen LogP contribution in [0.1, 0.15) is 48.9 Å². The zero-order valence-corrected chi connectivity index (χ0v) is 16.5. The van der Waals surface area contributed by atoms with Crippen molar-refractivity contribution in [3.63, 3.8) is 0 Å². The number of amides is 1. The number of benzene rings is 1. The predicted molar refractivity (Wildman–Crippen MR) is 97.0 cm³/mol. The number of ether oxygens (including phenoxy) is 2. The molecule has 1 saturated heterocycles. The highest BCUT2D eigenvalue weighted by molar-refractivity contribution is 5.97.